The van der Waals surface area contributed by atoms with Gasteiger partial charge in [0.15, 0.2) is 10.5 Å². The van der Waals surface area contributed by atoms with E-state index in [1.54, 1.807) is 24.0 Å². The number of aromatic nitrogens is 3. The van der Waals surface area contributed by atoms with Gasteiger partial charge < -0.3 is 4.57 Å². The molecular weight excluding hydrogens is 308 g/mol. The van der Waals surface area contributed by atoms with E-state index < -0.39 is 0 Å². The Morgan fingerprint density at radius 3 is 2.71 bits per heavy atom. The second-order valence-corrected chi connectivity index (χ2v) is 6.16. The number of benzene rings is 1. The summed E-state index contributed by atoms with van der Waals surface area (Å²) in [5.41, 5.74) is 2.43. The van der Waals surface area contributed by atoms with Crippen molar-refractivity contribution in [2.45, 2.75) is 6.92 Å². The summed E-state index contributed by atoms with van der Waals surface area (Å²) in [5, 5.41) is 4.74. The van der Waals surface area contributed by atoms with Gasteiger partial charge in [0.2, 0.25) is 0 Å². The second-order valence-electron chi connectivity index (χ2n) is 4.78. The van der Waals surface area contributed by atoms with E-state index in [4.69, 9.17) is 11.6 Å². The van der Waals surface area contributed by atoms with E-state index in [1.807, 2.05) is 30.7 Å². The lowest BCUT2D eigenvalue weighted by Crippen LogP contribution is -2.14. The molecule has 108 valence electrons. The van der Waals surface area contributed by atoms with Crippen LogP contribution in [0.1, 0.15) is 16.1 Å². The molecule has 0 unspecified atom stereocenters. The smallest absolute Gasteiger partial charge is 0.300 e. The fourth-order valence-corrected chi connectivity index (χ4v) is 3.55. The lowest BCUT2D eigenvalue weighted by atomic mass is 10.2. The molecule has 0 saturated carbocycles. The minimum atomic E-state index is -0.355. The molecule has 7 heteroatoms. The quantitative estimate of drug-likeness (QED) is 0.692. The van der Waals surface area contributed by atoms with Gasteiger partial charge in [-0.2, -0.15) is 10.1 Å². The zero-order valence-corrected chi connectivity index (χ0v) is 13.4. The van der Waals surface area contributed by atoms with Crippen LogP contribution in [-0.2, 0) is 14.1 Å². The maximum atomic E-state index is 12.1. The van der Waals surface area contributed by atoms with Gasteiger partial charge in [0.1, 0.15) is 0 Å². The Morgan fingerprint density at radius 1 is 1.33 bits per heavy atom. The predicted molar refractivity (Wildman–Crippen MR) is 83.6 cm³/mol. The number of rotatable bonds is 1. The van der Waals surface area contributed by atoms with Crippen molar-refractivity contribution >= 4 is 39.1 Å². The molecule has 0 N–H and O–H groups in total. The molecule has 0 saturated heterocycles. The predicted octanol–water partition coefficient (Wildman–Crippen LogP) is 2.68. The molecule has 2 aromatic heterocycles. The molecule has 0 aliphatic rings. The van der Waals surface area contributed by atoms with Gasteiger partial charge in [-0.05, 0) is 24.6 Å². The number of halogens is 1. The second kappa shape index (κ2) is 5.13. The number of amides is 1. The number of carbonyl (C=O) groups is 1. The normalized spacial score (nSPS) is 12.3. The summed E-state index contributed by atoms with van der Waals surface area (Å²) in [6.07, 6.45) is 1.72. The highest BCUT2D eigenvalue weighted by molar-refractivity contribution is 7.17. The summed E-state index contributed by atoms with van der Waals surface area (Å²) in [4.78, 5) is 16.9. The highest BCUT2D eigenvalue weighted by atomic mass is 35.5. The van der Waals surface area contributed by atoms with Gasteiger partial charge >= 0.3 is 0 Å². The van der Waals surface area contributed by atoms with Crippen molar-refractivity contribution in [1.82, 2.24) is 14.3 Å². The van der Waals surface area contributed by atoms with Crippen molar-refractivity contribution in [2.24, 2.45) is 19.1 Å². The molecule has 0 fully saturated rings. The van der Waals surface area contributed by atoms with Crippen molar-refractivity contribution in [3.8, 4) is 0 Å². The van der Waals surface area contributed by atoms with Crippen molar-refractivity contribution in [3.05, 3.63) is 45.5 Å². The van der Waals surface area contributed by atoms with Crippen LogP contribution in [0.5, 0.6) is 0 Å². The number of hydrogen-bond donors (Lipinski definition) is 0. The van der Waals surface area contributed by atoms with E-state index in [1.165, 1.54) is 11.3 Å². The molecule has 0 bridgehead atoms. The molecular formula is C14H13ClN4OS. The van der Waals surface area contributed by atoms with Crippen LogP contribution >= 0.6 is 22.9 Å². The first-order valence-electron chi connectivity index (χ1n) is 6.30. The summed E-state index contributed by atoms with van der Waals surface area (Å²) in [6, 6.07) is 5.47. The Balaban J connectivity index is 2.19. The first kappa shape index (κ1) is 14.0. The summed E-state index contributed by atoms with van der Waals surface area (Å²) in [5.74, 6) is -0.355. The first-order valence-corrected chi connectivity index (χ1v) is 7.50. The van der Waals surface area contributed by atoms with Crippen molar-refractivity contribution < 1.29 is 4.79 Å². The molecule has 5 nitrogen and oxygen atoms in total. The van der Waals surface area contributed by atoms with Crippen molar-refractivity contribution in [3.63, 3.8) is 0 Å². The van der Waals surface area contributed by atoms with Crippen molar-refractivity contribution in [2.75, 3.05) is 0 Å². The Hall–Kier alpha value is -1.92. The van der Waals surface area contributed by atoms with Crippen LogP contribution in [0, 0.1) is 6.92 Å². The Labute approximate surface area is 130 Å². The number of nitrogens with zero attached hydrogens (tertiary/aromatic N) is 4. The Kier molecular flexibility index (Phi) is 3.43. The SMILES string of the molecule is Cc1ccc(Cl)c2sc(=NC(=O)c3ccn(C)n3)n(C)c12. The standard InChI is InChI=1S/C14H13ClN4OS/c1-8-4-5-9(15)12-11(8)19(3)14(21-12)16-13(20)10-6-7-18(2)17-10/h4-7H,1-3H3. The molecule has 21 heavy (non-hydrogen) atoms. The minimum Gasteiger partial charge on any atom is -0.319 e. The molecule has 0 atom stereocenters. The van der Waals surface area contributed by atoms with Gasteiger partial charge in [0, 0.05) is 20.3 Å². The number of fused-ring (bicyclic) bond motifs is 1. The molecule has 2 heterocycles. The molecule has 0 aliphatic heterocycles. The molecule has 3 rings (SSSR count). The van der Waals surface area contributed by atoms with Gasteiger partial charge in [-0.1, -0.05) is 29.0 Å². The fourth-order valence-electron chi connectivity index (χ4n) is 2.19. The molecule has 0 spiro atoms. The fraction of sp³-hybridized carbons (Fsp3) is 0.214. The highest BCUT2D eigenvalue weighted by Crippen LogP contribution is 2.28. The third-order valence-electron chi connectivity index (χ3n) is 3.23. The largest absolute Gasteiger partial charge is 0.319 e. The van der Waals surface area contributed by atoms with Gasteiger partial charge in [-0.25, -0.2) is 0 Å². The van der Waals surface area contributed by atoms with Crippen LogP contribution < -0.4 is 4.80 Å². The zero-order chi connectivity index (χ0) is 15.1. The van der Waals surface area contributed by atoms with Crippen LogP contribution in [0.3, 0.4) is 0 Å². The third kappa shape index (κ3) is 2.41. The molecule has 1 amide bonds. The van der Waals surface area contributed by atoms with Gasteiger partial charge in [-0.3, -0.25) is 9.48 Å². The lowest BCUT2D eigenvalue weighted by Gasteiger charge is -2.00. The van der Waals surface area contributed by atoms with Crippen LogP contribution in [0.15, 0.2) is 29.4 Å². The Morgan fingerprint density at radius 2 is 2.10 bits per heavy atom. The van der Waals surface area contributed by atoms with Crippen LogP contribution in [-0.4, -0.2) is 20.3 Å². The maximum absolute atomic E-state index is 12.1. The molecule has 1 aromatic carbocycles. The minimum absolute atomic E-state index is 0.331. The van der Waals surface area contributed by atoms with Crippen LogP contribution in [0.4, 0.5) is 0 Å². The van der Waals surface area contributed by atoms with E-state index in [9.17, 15) is 4.79 Å². The number of aryl methyl sites for hydroxylation is 3. The average Bonchev–Trinajstić information content (AvgIpc) is 3.00. The van der Waals surface area contributed by atoms with Crippen LogP contribution in [0.25, 0.3) is 10.2 Å². The summed E-state index contributed by atoms with van der Waals surface area (Å²) in [7, 11) is 3.64. The van der Waals surface area contributed by atoms with E-state index in [2.05, 4.69) is 10.1 Å². The number of thiazole rings is 1. The molecule has 0 aliphatic carbocycles. The third-order valence-corrected chi connectivity index (χ3v) is 4.82. The first-order chi connectivity index (χ1) is 9.97. The summed E-state index contributed by atoms with van der Waals surface area (Å²) < 4.78 is 4.41. The maximum Gasteiger partial charge on any atom is 0.300 e. The molecule has 3 aromatic rings. The van der Waals surface area contributed by atoms with Gasteiger partial charge in [0.05, 0.1) is 15.2 Å². The monoisotopic (exact) mass is 320 g/mol. The lowest BCUT2D eigenvalue weighted by molar-refractivity contribution is 0.0992. The summed E-state index contributed by atoms with van der Waals surface area (Å²) in [6.45, 7) is 2.01. The van der Waals surface area contributed by atoms with Gasteiger partial charge in [0.25, 0.3) is 5.91 Å². The van der Waals surface area contributed by atoms with Gasteiger partial charge in [-0.15, -0.1) is 0 Å². The van der Waals surface area contributed by atoms with E-state index in [0.29, 0.717) is 15.5 Å². The zero-order valence-electron chi connectivity index (χ0n) is 11.8. The van der Waals surface area contributed by atoms with Crippen molar-refractivity contribution in [1.29, 1.82) is 0 Å². The summed E-state index contributed by atoms with van der Waals surface area (Å²) >= 11 is 7.63. The van der Waals surface area contributed by atoms with Crippen LogP contribution in [0.2, 0.25) is 5.02 Å². The Bertz CT molecular complexity index is 919. The van der Waals surface area contributed by atoms with E-state index in [0.717, 1.165) is 15.8 Å². The molecule has 0 radical (unpaired) electrons. The topological polar surface area (TPSA) is 52.2 Å². The average molecular weight is 321 g/mol. The number of hydrogen-bond acceptors (Lipinski definition) is 3. The van der Waals surface area contributed by atoms with E-state index >= 15 is 0 Å². The number of carbonyl (C=O) groups excluding carboxylic acids is 1. The highest BCUT2D eigenvalue weighted by Gasteiger charge is 2.12. The van der Waals surface area contributed by atoms with E-state index in [-0.39, 0.29) is 5.91 Å².